The van der Waals surface area contributed by atoms with Crippen LogP contribution in [0.2, 0.25) is 0 Å². The molecule has 2 atom stereocenters. The first-order chi connectivity index (χ1) is 14.6. The van der Waals surface area contributed by atoms with Crippen molar-refractivity contribution in [1.29, 1.82) is 0 Å². The summed E-state index contributed by atoms with van der Waals surface area (Å²) in [6.07, 6.45) is 0.560. The van der Waals surface area contributed by atoms with Gasteiger partial charge >= 0.3 is 0 Å². The van der Waals surface area contributed by atoms with Crippen LogP contribution in [-0.2, 0) is 0 Å². The number of phenolic OH excluding ortho intramolecular Hbond substituents is 1. The van der Waals surface area contributed by atoms with Crippen molar-refractivity contribution in [3.05, 3.63) is 89.7 Å². The van der Waals surface area contributed by atoms with Crippen LogP contribution in [0.4, 0.5) is 0 Å². The molecule has 0 heterocycles. The minimum Gasteiger partial charge on any atom is -0.507 e. The van der Waals surface area contributed by atoms with Crippen molar-refractivity contribution in [2.24, 2.45) is 0 Å². The van der Waals surface area contributed by atoms with Crippen LogP contribution in [0.25, 0.3) is 10.8 Å². The van der Waals surface area contributed by atoms with Gasteiger partial charge in [-0.3, -0.25) is 0 Å². The molecule has 0 aromatic heterocycles. The van der Waals surface area contributed by atoms with Gasteiger partial charge in [-0.25, -0.2) is 0 Å². The Morgan fingerprint density at radius 2 is 1.63 bits per heavy atom. The molecule has 0 aliphatic heterocycles. The van der Waals surface area contributed by atoms with Gasteiger partial charge in [-0.15, -0.1) is 5.73 Å². The molecule has 0 unspecified atom stereocenters. The number of fused-ring (bicyclic) bond motifs is 1. The number of benzene rings is 3. The van der Waals surface area contributed by atoms with Crippen LogP contribution in [0.3, 0.4) is 0 Å². The van der Waals surface area contributed by atoms with E-state index in [1.54, 1.807) is 18.2 Å². The number of para-hydroxylation sites is 1. The molecule has 156 valence electrons. The summed E-state index contributed by atoms with van der Waals surface area (Å²) in [5, 5.41) is 41.1. The van der Waals surface area contributed by atoms with E-state index in [0.29, 0.717) is 23.1 Å². The molecule has 0 aliphatic rings. The Kier molecular flexibility index (Phi) is 7.66. The Bertz CT molecular complexity index is 1020. The number of rotatable bonds is 9. The van der Waals surface area contributed by atoms with E-state index >= 15 is 0 Å². The second-order valence-corrected chi connectivity index (χ2v) is 7.07. The monoisotopic (exact) mass is 406 g/mol. The summed E-state index contributed by atoms with van der Waals surface area (Å²) in [4.78, 5) is 0. The molecular formula is C25H26O5. The third-order valence-electron chi connectivity index (χ3n) is 4.79. The lowest BCUT2D eigenvalue weighted by Gasteiger charge is -2.13. The molecule has 0 fully saturated rings. The summed E-state index contributed by atoms with van der Waals surface area (Å²) in [6.45, 7) is -0.131. The summed E-state index contributed by atoms with van der Waals surface area (Å²) in [6, 6.07) is 20.0. The molecule has 0 saturated carbocycles. The van der Waals surface area contributed by atoms with E-state index in [1.165, 1.54) is 0 Å². The first-order valence-corrected chi connectivity index (χ1v) is 9.87. The molecule has 3 aromatic carbocycles. The van der Waals surface area contributed by atoms with Gasteiger partial charge in [0.15, 0.2) is 0 Å². The van der Waals surface area contributed by atoms with Gasteiger partial charge < -0.3 is 25.2 Å². The molecule has 0 spiro atoms. The van der Waals surface area contributed by atoms with Crippen molar-refractivity contribution < 1.29 is 25.2 Å². The lowest BCUT2D eigenvalue weighted by atomic mass is 9.98. The Balaban J connectivity index is 1.76. The third-order valence-corrected chi connectivity index (χ3v) is 4.79. The topological polar surface area (TPSA) is 90.2 Å². The fourth-order valence-corrected chi connectivity index (χ4v) is 3.23. The van der Waals surface area contributed by atoms with Crippen molar-refractivity contribution in [3.8, 4) is 11.5 Å². The molecule has 3 rings (SSSR count). The van der Waals surface area contributed by atoms with Crippen LogP contribution >= 0.6 is 0 Å². The third kappa shape index (κ3) is 5.72. The van der Waals surface area contributed by atoms with Gasteiger partial charge in [0.1, 0.15) is 18.1 Å². The molecule has 0 bridgehead atoms. The van der Waals surface area contributed by atoms with Crippen molar-refractivity contribution in [3.63, 3.8) is 0 Å². The predicted molar refractivity (Wildman–Crippen MR) is 116 cm³/mol. The van der Waals surface area contributed by atoms with E-state index in [2.05, 4.69) is 5.73 Å². The minimum atomic E-state index is -0.897. The maximum absolute atomic E-state index is 10.7. The number of aliphatic hydroxyl groups excluding tert-OH is 3. The summed E-state index contributed by atoms with van der Waals surface area (Å²) >= 11 is 0. The Hall–Kier alpha value is -3.08. The van der Waals surface area contributed by atoms with E-state index in [1.807, 2.05) is 54.6 Å². The van der Waals surface area contributed by atoms with Crippen LogP contribution in [0, 0.1) is 0 Å². The van der Waals surface area contributed by atoms with E-state index < -0.39 is 12.2 Å². The largest absolute Gasteiger partial charge is 0.507 e. The average molecular weight is 406 g/mol. The zero-order valence-electron chi connectivity index (χ0n) is 16.6. The fraction of sp³-hybridized carbons (Fsp3) is 0.240. The van der Waals surface area contributed by atoms with E-state index in [0.717, 1.165) is 10.9 Å². The fourth-order valence-electron chi connectivity index (χ4n) is 3.23. The first kappa shape index (κ1) is 21.6. The van der Waals surface area contributed by atoms with Crippen LogP contribution in [0.15, 0.2) is 84.1 Å². The Morgan fingerprint density at radius 1 is 0.933 bits per heavy atom. The highest BCUT2D eigenvalue weighted by Crippen LogP contribution is 2.32. The van der Waals surface area contributed by atoms with Gasteiger partial charge in [0.2, 0.25) is 0 Å². The van der Waals surface area contributed by atoms with Crippen molar-refractivity contribution in [2.45, 2.75) is 25.0 Å². The zero-order valence-corrected chi connectivity index (χ0v) is 16.6. The lowest BCUT2D eigenvalue weighted by molar-refractivity contribution is 0.0934. The van der Waals surface area contributed by atoms with Gasteiger partial charge in [0.05, 0.1) is 18.8 Å². The molecule has 0 radical (unpaired) electrons. The molecule has 0 amide bonds. The number of hydrogen-bond donors (Lipinski definition) is 4. The van der Waals surface area contributed by atoms with Crippen molar-refractivity contribution >= 4 is 10.8 Å². The molecule has 5 nitrogen and oxygen atoms in total. The summed E-state index contributed by atoms with van der Waals surface area (Å²) in [7, 11) is 0. The number of aliphatic hydroxyl groups is 3. The van der Waals surface area contributed by atoms with Crippen molar-refractivity contribution in [2.75, 3.05) is 13.2 Å². The maximum Gasteiger partial charge on any atom is 0.123 e. The summed E-state index contributed by atoms with van der Waals surface area (Å²) in [5.74, 6) is 0.876. The first-order valence-electron chi connectivity index (χ1n) is 9.87. The smallest absolute Gasteiger partial charge is 0.123 e. The number of aromatic hydroxyl groups is 1. The van der Waals surface area contributed by atoms with Gasteiger partial charge in [-0.05, 0) is 35.2 Å². The maximum atomic E-state index is 10.7. The summed E-state index contributed by atoms with van der Waals surface area (Å²) in [5.41, 5.74) is 4.51. The quantitative estimate of drug-likeness (QED) is 0.405. The number of hydrogen-bond acceptors (Lipinski definition) is 5. The lowest BCUT2D eigenvalue weighted by Crippen LogP contribution is -2.15. The SMILES string of the molecule is OC[C@H](O)CC(=C=CC[C@@H](O)c1ccc(O)c2ccccc12)COc1ccccc1. The molecule has 5 heteroatoms. The standard InChI is InChI=1S/C25H26O5/c26-16-19(27)15-18(17-30-20-8-2-1-3-9-20)7-6-12-24(28)23-13-14-25(29)22-11-5-4-10-21(22)23/h1-6,8-11,13-14,19,24,26-29H,12,15-17H2/t7?,19-,24-/m1/s1. The van der Waals surface area contributed by atoms with Crippen molar-refractivity contribution in [1.82, 2.24) is 0 Å². The Labute approximate surface area is 175 Å². The molecule has 0 aliphatic carbocycles. The van der Waals surface area contributed by atoms with Crippen LogP contribution in [0.5, 0.6) is 11.5 Å². The second kappa shape index (κ2) is 10.6. The molecule has 4 N–H and O–H groups in total. The van der Waals surface area contributed by atoms with Crippen LogP contribution in [-0.4, -0.2) is 39.7 Å². The summed E-state index contributed by atoms with van der Waals surface area (Å²) < 4.78 is 5.72. The van der Waals surface area contributed by atoms with Gasteiger partial charge in [-0.2, -0.15) is 0 Å². The van der Waals surface area contributed by atoms with E-state index in [-0.39, 0.29) is 25.4 Å². The van der Waals surface area contributed by atoms with Gasteiger partial charge in [-0.1, -0.05) is 48.5 Å². The number of phenols is 1. The second-order valence-electron chi connectivity index (χ2n) is 7.07. The van der Waals surface area contributed by atoms with Gasteiger partial charge in [0.25, 0.3) is 0 Å². The highest BCUT2D eigenvalue weighted by atomic mass is 16.5. The average Bonchev–Trinajstić information content (AvgIpc) is 2.78. The van der Waals surface area contributed by atoms with E-state index in [4.69, 9.17) is 9.84 Å². The van der Waals surface area contributed by atoms with Crippen LogP contribution < -0.4 is 4.74 Å². The van der Waals surface area contributed by atoms with Crippen LogP contribution in [0.1, 0.15) is 24.5 Å². The highest BCUT2D eigenvalue weighted by molar-refractivity contribution is 5.91. The minimum absolute atomic E-state index is 0.176. The normalized spacial score (nSPS) is 12.8. The molecule has 30 heavy (non-hydrogen) atoms. The molecular weight excluding hydrogens is 380 g/mol. The number of ether oxygens (including phenoxy) is 1. The zero-order chi connectivity index (χ0) is 21.3. The molecule has 3 aromatic rings. The Morgan fingerprint density at radius 3 is 2.37 bits per heavy atom. The molecule has 0 saturated heterocycles. The van der Waals surface area contributed by atoms with E-state index in [9.17, 15) is 15.3 Å². The predicted octanol–water partition coefficient (Wildman–Crippen LogP) is 3.87. The highest BCUT2D eigenvalue weighted by Gasteiger charge is 2.12. The van der Waals surface area contributed by atoms with Gasteiger partial charge in [0, 0.05) is 23.8 Å².